The van der Waals surface area contributed by atoms with E-state index < -0.39 is 26.1 Å². The maximum Gasteiger partial charge on any atom is 0.416 e. The van der Waals surface area contributed by atoms with Crippen molar-refractivity contribution in [3.05, 3.63) is 64.7 Å². The summed E-state index contributed by atoms with van der Waals surface area (Å²) < 4.78 is 39.6. The van der Waals surface area contributed by atoms with E-state index >= 15 is 0 Å². The molecular weight excluding hydrogens is 426 g/mol. The van der Waals surface area contributed by atoms with E-state index in [1.54, 1.807) is 37.4 Å². The van der Waals surface area contributed by atoms with E-state index in [0.717, 1.165) is 12.1 Å². The van der Waals surface area contributed by atoms with Crippen LogP contribution in [-0.4, -0.2) is 42.5 Å². The van der Waals surface area contributed by atoms with Crippen LogP contribution in [0.4, 0.5) is 18.9 Å². The minimum atomic E-state index is -4.50. The van der Waals surface area contributed by atoms with Gasteiger partial charge in [-0.15, -0.1) is 0 Å². The Labute approximate surface area is 173 Å². The molecule has 0 bridgehead atoms. The maximum atomic E-state index is 13.2. The zero-order valence-corrected chi connectivity index (χ0v) is 17.3. The summed E-state index contributed by atoms with van der Waals surface area (Å²) in [4.78, 5) is 24.5. The van der Waals surface area contributed by atoms with Crippen molar-refractivity contribution in [2.24, 2.45) is 5.50 Å². The molecule has 10 heteroatoms. The predicted molar refractivity (Wildman–Crippen MR) is 110 cm³/mol. The zero-order chi connectivity index (χ0) is 21.6. The van der Waals surface area contributed by atoms with Gasteiger partial charge >= 0.3 is 6.18 Å². The number of hydrogen-bond acceptors (Lipinski definition) is 4. The number of benzene rings is 2. The number of alkyl halides is 3. The first-order valence-electron chi connectivity index (χ1n) is 8.68. The summed E-state index contributed by atoms with van der Waals surface area (Å²) in [7, 11) is 0.167. The molecule has 2 unspecified atom stereocenters. The van der Waals surface area contributed by atoms with Crippen molar-refractivity contribution in [3.63, 3.8) is 0 Å². The van der Waals surface area contributed by atoms with E-state index in [2.05, 4.69) is 0 Å². The first-order valence-corrected chi connectivity index (χ1v) is 10.6. The molecule has 0 saturated heterocycles. The minimum absolute atomic E-state index is 0.242. The molecule has 1 amide bonds. The molecule has 2 aromatic rings. The highest BCUT2D eigenvalue weighted by atomic mass is 35.5. The van der Waals surface area contributed by atoms with Crippen LogP contribution in [0.5, 0.6) is 0 Å². The van der Waals surface area contributed by atoms with Gasteiger partial charge in [0, 0.05) is 30.0 Å². The number of nitrogens with zero attached hydrogens (tertiary/aromatic N) is 2. The normalized spacial score (nSPS) is 13.9. The highest BCUT2D eigenvalue weighted by Gasteiger charge is 2.32. The first kappa shape index (κ1) is 23.6. The van der Waals surface area contributed by atoms with Crippen LogP contribution >= 0.6 is 19.9 Å². The molecule has 0 fully saturated rings. The molecule has 2 atom stereocenters. The summed E-state index contributed by atoms with van der Waals surface area (Å²) in [6, 6.07) is 10.7. The molecule has 0 spiro atoms. The van der Waals surface area contributed by atoms with Crippen molar-refractivity contribution in [1.82, 2.24) is 4.90 Å². The van der Waals surface area contributed by atoms with Crippen LogP contribution < -0.4 is 10.4 Å². The van der Waals surface area contributed by atoms with Gasteiger partial charge in [0.25, 0.3) is 0 Å². The van der Waals surface area contributed by atoms with Crippen molar-refractivity contribution in [2.45, 2.75) is 12.2 Å². The third-order valence-corrected chi connectivity index (χ3v) is 5.28. The van der Waals surface area contributed by atoms with E-state index in [9.17, 15) is 22.9 Å². The number of hydrogen-bond donors (Lipinski definition) is 2. The number of carbonyl (C=O) groups is 1. The summed E-state index contributed by atoms with van der Waals surface area (Å²) in [5.74, 6) is 0. The van der Waals surface area contributed by atoms with Gasteiger partial charge in [-0.25, -0.2) is 0 Å². The van der Waals surface area contributed by atoms with Crippen LogP contribution in [0.15, 0.2) is 48.5 Å². The van der Waals surface area contributed by atoms with Gasteiger partial charge in [0.15, 0.2) is 0 Å². The van der Waals surface area contributed by atoms with Crippen molar-refractivity contribution >= 4 is 32.0 Å². The molecule has 0 aromatic heterocycles. The SMILES string of the molecule is CN(CCP(N)O)CC(c1cccc(C(F)(F)F)c1)N(C=O)c1ccc(Cl)cc1. The Hall–Kier alpha value is -1.70. The van der Waals surface area contributed by atoms with Gasteiger partial charge < -0.3 is 14.7 Å². The van der Waals surface area contributed by atoms with E-state index in [-0.39, 0.29) is 6.54 Å². The summed E-state index contributed by atoms with van der Waals surface area (Å²) in [5, 5.41) is 0.478. The largest absolute Gasteiger partial charge is 0.416 e. The molecule has 158 valence electrons. The summed E-state index contributed by atoms with van der Waals surface area (Å²) in [5.41, 5.74) is 5.49. The smallest absolute Gasteiger partial charge is 0.359 e. The van der Waals surface area contributed by atoms with E-state index in [0.29, 0.717) is 35.4 Å². The highest BCUT2D eigenvalue weighted by molar-refractivity contribution is 7.48. The fourth-order valence-corrected chi connectivity index (χ4v) is 3.54. The summed E-state index contributed by atoms with van der Waals surface area (Å²) in [6.45, 7) is 0.674. The molecule has 0 aliphatic carbocycles. The number of carbonyl (C=O) groups excluding carboxylic acids is 1. The number of halogens is 4. The predicted octanol–water partition coefficient (Wildman–Crippen LogP) is 4.26. The van der Waals surface area contributed by atoms with Crippen LogP contribution in [0.3, 0.4) is 0 Å². The van der Waals surface area contributed by atoms with E-state index in [1.165, 1.54) is 11.0 Å². The molecule has 0 aliphatic rings. The Kier molecular flexibility index (Phi) is 8.43. The zero-order valence-electron chi connectivity index (χ0n) is 15.7. The van der Waals surface area contributed by atoms with Gasteiger partial charge in [0.1, 0.15) is 0 Å². The molecule has 0 saturated carbocycles. The quantitative estimate of drug-likeness (QED) is 0.445. The standard InChI is InChI=1S/C19H22ClF3N3O2P/c1-25(9-10-29(24)28)12-18(14-3-2-4-15(11-14)19(21,22)23)26(13-27)17-7-5-16(20)6-8-17/h2-8,11,13,18,28H,9-10,12,24H2,1H3. The van der Waals surface area contributed by atoms with Crippen LogP contribution in [0.1, 0.15) is 17.2 Å². The van der Waals surface area contributed by atoms with Gasteiger partial charge in [0.2, 0.25) is 6.41 Å². The molecule has 2 rings (SSSR count). The Morgan fingerprint density at radius 3 is 2.45 bits per heavy atom. The molecule has 5 nitrogen and oxygen atoms in total. The number of anilines is 1. The monoisotopic (exact) mass is 447 g/mol. The number of nitrogens with two attached hydrogens (primary N) is 1. The summed E-state index contributed by atoms with van der Waals surface area (Å²) >= 11 is 5.91. The second-order valence-electron chi connectivity index (χ2n) is 6.55. The number of amides is 1. The Bertz CT molecular complexity index is 806. The number of likely N-dealkylation sites (N-methyl/N-ethyl adjacent to an activating group) is 1. The Morgan fingerprint density at radius 2 is 1.90 bits per heavy atom. The fourth-order valence-electron chi connectivity index (χ4n) is 2.86. The first-order chi connectivity index (χ1) is 13.6. The van der Waals surface area contributed by atoms with Gasteiger partial charge in [-0.05, 0) is 49.0 Å². The molecule has 29 heavy (non-hydrogen) atoms. The lowest BCUT2D eigenvalue weighted by Gasteiger charge is -2.32. The molecule has 0 radical (unpaired) electrons. The molecule has 3 N–H and O–H groups in total. The van der Waals surface area contributed by atoms with Crippen molar-refractivity contribution < 1.29 is 22.9 Å². The van der Waals surface area contributed by atoms with Gasteiger partial charge in [0.05, 0.1) is 19.9 Å². The van der Waals surface area contributed by atoms with Gasteiger partial charge in [-0.2, -0.15) is 13.2 Å². The number of rotatable bonds is 9. The second-order valence-corrected chi connectivity index (χ2v) is 8.32. The lowest BCUT2D eigenvalue weighted by atomic mass is 10.0. The second kappa shape index (κ2) is 10.4. The highest BCUT2D eigenvalue weighted by Crippen LogP contribution is 2.33. The third-order valence-electron chi connectivity index (χ3n) is 4.37. The van der Waals surface area contributed by atoms with Crippen LogP contribution in [-0.2, 0) is 11.0 Å². The summed E-state index contributed by atoms with van der Waals surface area (Å²) in [6.07, 6.45) is -3.56. The molecule has 0 heterocycles. The van der Waals surface area contributed by atoms with Crippen LogP contribution in [0.25, 0.3) is 0 Å². The van der Waals surface area contributed by atoms with E-state index in [4.69, 9.17) is 17.1 Å². The minimum Gasteiger partial charge on any atom is -0.359 e. The van der Waals surface area contributed by atoms with E-state index in [1.807, 2.05) is 4.90 Å². The topological polar surface area (TPSA) is 69.8 Å². The molecule has 0 aliphatic heterocycles. The Morgan fingerprint density at radius 1 is 1.24 bits per heavy atom. The van der Waals surface area contributed by atoms with Crippen molar-refractivity contribution in [3.8, 4) is 0 Å². The van der Waals surface area contributed by atoms with Crippen molar-refractivity contribution in [1.29, 1.82) is 0 Å². The van der Waals surface area contributed by atoms with Gasteiger partial charge in [-0.1, -0.05) is 23.7 Å². The molecule has 2 aromatic carbocycles. The average Bonchev–Trinajstić information content (AvgIpc) is 2.67. The average molecular weight is 448 g/mol. The Balaban J connectivity index is 2.41. The lowest BCUT2D eigenvalue weighted by molar-refractivity contribution is -0.137. The van der Waals surface area contributed by atoms with Gasteiger partial charge in [-0.3, -0.25) is 10.3 Å². The third kappa shape index (κ3) is 6.94. The van der Waals surface area contributed by atoms with Crippen LogP contribution in [0, 0.1) is 0 Å². The lowest BCUT2D eigenvalue weighted by Crippen LogP contribution is -2.37. The molecular formula is C19H22ClF3N3O2P. The van der Waals surface area contributed by atoms with Crippen LogP contribution in [0.2, 0.25) is 5.02 Å². The fraction of sp³-hybridized carbons (Fsp3) is 0.316. The maximum absolute atomic E-state index is 13.2. The van der Waals surface area contributed by atoms with Crippen molar-refractivity contribution in [2.75, 3.05) is 31.2 Å².